The van der Waals surface area contributed by atoms with Gasteiger partial charge >= 0.3 is 0 Å². The summed E-state index contributed by atoms with van der Waals surface area (Å²) in [6.07, 6.45) is 8.54. The number of hydrogen-bond donors (Lipinski definition) is 2. The summed E-state index contributed by atoms with van der Waals surface area (Å²) >= 11 is 0. The molecule has 0 bridgehead atoms. The van der Waals surface area contributed by atoms with E-state index in [1.165, 1.54) is 25.9 Å². The molecule has 0 spiro atoms. The Morgan fingerprint density at radius 3 is 2.70 bits per heavy atom. The molecule has 1 aliphatic heterocycles. The van der Waals surface area contributed by atoms with Crippen LogP contribution < -0.4 is 11.3 Å². The number of aryl methyl sites for hydroxylation is 1. The number of hydrazine groups is 1. The number of rotatable bonds is 7. The first kappa shape index (κ1) is 15.5. The van der Waals surface area contributed by atoms with Crippen LogP contribution in [0.5, 0.6) is 0 Å². The highest BCUT2D eigenvalue weighted by molar-refractivity contribution is 5.02. The molecular weight excluding hydrogens is 250 g/mol. The van der Waals surface area contributed by atoms with Crippen molar-refractivity contribution >= 4 is 0 Å². The summed E-state index contributed by atoms with van der Waals surface area (Å²) in [6.45, 7) is 10.1. The Hall–Kier alpha value is -0.910. The first-order valence-corrected chi connectivity index (χ1v) is 7.80. The zero-order valence-corrected chi connectivity index (χ0v) is 13.1. The van der Waals surface area contributed by atoms with Crippen LogP contribution in [0, 0.1) is 0 Å². The van der Waals surface area contributed by atoms with Crippen molar-refractivity contribution in [3.05, 3.63) is 18.2 Å². The summed E-state index contributed by atoms with van der Waals surface area (Å²) in [6, 6.07) is 0.207. The molecule has 2 heterocycles. The van der Waals surface area contributed by atoms with Crippen LogP contribution in [0.1, 0.15) is 45.9 Å². The van der Waals surface area contributed by atoms with E-state index in [1.807, 2.05) is 6.20 Å². The number of nitrogens with zero attached hydrogens (tertiary/aromatic N) is 3. The second kappa shape index (κ2) is 6.70. The average Bonchev–Trinajstić information content (AvgIpc) is 3.08. The van der Waals surface area contributed by atoms with E-state index in [4.69, 9.17) is 5.84 Å². The Balaban J connectivity index is 2.09. The molecule has 2 rings (SSSR count). The van der Waals surface area contributed by atoms with Crippen LogP contribution in [0.2, 0.25) is 0 Å². The number of likely N-dealkylation sites (tertiary alicyclic amines) is 1. The van der Waals surface area contributed by atoms with Crippen molar-refractivity contribution in [2.24, 2.45) is 5.84 Å². The zero-order valence-electron chi connectivity index (χ0n) is 13.1. The predicted molar refractivity (Wildman–Crippen MR) is 82.2 cm³/mol. The van der Waals surface area contributed by atoms with Crippen molar-refractivity contribution in [3.8, 4) is 0 Å². The maximum Gasteiger partial charge on any atom is 0.110 e. The third-order valence-corrected chi connectivity index (χ3v) is 4.63. The van der Waals surface area contributed by atoms with Gasteiger partial charge in [0.1, 0.15) is 5.82 Å². The van der Waals surface area contributed by atoms with Crippen LogP contribution in [-0.2, 0) is 13.0 Å². The average molecular weight is 279 g/mol. The molecule has 0 saturated carbocycles. The molecule has 3 N–H and O–H groups in total. The lowest BCUT2D eigenvalue weighted by Gasteiger charge is -2.41. The van der Waals surface area contributed by atoms with Crippen LogP contribution >= 0.6 is 0 Å². The standard InChI is InChI=1S/C15H29N5/c1-4-8-19-11-7-17-14(19)12-13(18-16)15(2,3)20-9-5-6-10-20/h7,11,13,18H,4-6,8-10,12,16H2,1-3H3. The predicted octanol–water partition coefficient (Wildman–Crippen LogP) is 1.54. The highest BCUT2D eigenvalue weighted by Gasteiger charge is 2.36. The number of nitrogens with one attached hydrogen (secondary N) is 1. The lowest BCUT2D eigenvalue weighted by molar-refractivity contribution is 0.105. The van der Waals surface area contributed by atoms with E-state index in [0.29, 0.717) is 0 Å². The van der Waals surface area contributed by atoms with Crippen molar-refractivity contribution in [2.75, 3.05) is 13.1 Å². The first-order valence-electron chi connectivity index (χ1n) is 7.80. The van der Waals surface area contributed by atoms with Gasteiger partial charge in [-0.2, -0.15) is 0 Å². The summed E-state index contributed by atoms with van der Waals surface area (Å²) in [7, 11) is 0. The Morgan fingerprint density at radius 2 is 2.10 bits per heavy atom. The van der Waals surface area contributed by atoms with Gasteiger partial charge in [-0.1, -0.05) is 6.92 Å². The molecular formula is C15H29N5. The smallest absolute Gasteiger partial charge is 0.110 e. The number of aromatic nitrogens is 2. The van der Waals surface area contributed by atoms with Gasteiger partial charge in [0.25, 0.3) is 0 Å². The Bertz CT molecular complexity index is 406. The van der Waals surface area contributed by atoms with Crippen molar-refractivity contribution in [2.45, 2.75) is 64.6 Å². The van der Waals surface area contributed by atoms with Crippen LogP contribution in [0.4, 0.5) is 0 Å². The van der Waals surface area contributed by atoms with E-state index in [1.54, 1.807) is 0 Å². The van der Waals surface area contributed by atoms with Gasteiger partial charge in [0.2, 0.25) is 0 Å². The van der Waals surface area contributed by atoms with Gasteiger partial charge in [0.05, 0.1) is 0 Å². The molecule has 0 radical (unpaired) electrons. The molecule has 1 aromatic rings. The fourth-order valence-corrected chi connectivity index (χ4v) is 3.18. The molecule has 1 unspecified atom stereocenters. The molecule has 0 aromatic carbocycles. The summed E-state index contributed by atoms with van der Waals surface area (Å²) in [5.74, 6) is 6.98. The van der Waals surface area contributed by atoms with E-state index in [2.05, 4.69) is 46.8 Å². The molecule has 114 valence electrons. The van der Waals surface area contributed by atoms with E-state index in [0.717, 1.165) is 25.2 Å². The lowest BCUT2D eigenvalue weighted by atomic mass is 9.90. The second-order valence-corrected chi connectivity index (χ2v) is 6.31. The monoisotopic (exact) mass is 279 g/mol. The highest BCUT2D eigenvalue weighted by Crippen LogP contribution is 2.25. The minimum absolute atomic E-state index is 0.0498. The maximum atomic E-state index is 5.85. The van der Waals surface area contributed by atoms with Crippen LogP contribution in [0.3, 0.4) is 0 Å². The number of imidazole rings is 1. The van der Waals surface area contributed by atoms with Gasteiger partial charge < -0.3 is 4.57 Å². The van der Waals surface area contributed by atoms with Gasteiger partial charge in [0, 0.05) is 36.9 Å². The third kappa shape index (κ3) is 3.22. The fraction of sp³-hybridized carbons (Fsp3) is 0.800. The summed E-state index contributed by atoms with van der Waals surface area (Å²) in [5.41, 5.74) is 3.08. The van der Waals surface area contributed by atoms with Crippen molar-refractivity contribution in [1.29, 1.82) is 0 Å². The molecule has 0 amide bonds. The number of hydrogen-bond acceptors (Lipinski definition) is 4. The molecule has 1 atom stereocenters. The maximum absolute atomic E-state index is 5.85. The Kier molecular flexibility index (Phi) is 5.18. The fourth-order valence-electron chi connectivity index (χ4n) is 3.18. The normalized spacial score (nSPS) is 18.6. The Labute approximate surface area is 122 Å². The van der Waals surface area contributed by atoms with Crippen molar-refractivity contribution in [3.63, 3.8) is 0 Å². The van der Waals surface area contributed by atoms with E-state index >= 15 is 0 Å². The van der Waals surface area contributed by atoms with E-state index < -0.39 is 0 Å². The van der Waals surface area contributed by atoms with Crippen LogP contribution in [0.25, 0.3) is 0 Å². The molecule has 1 fully saturated rings. The summed E-state index contributed by atoms with van der Waals surface area (Å²) in [5, 5.41) is 0. The largest absolute Gasteiger partial charge is 0.335 e. The topological polar surface area (TPSA) is 59.1 Å². The molecule has 1 saturated heterocycles. The molecule has 1 aliphatic rings. The minimum Gasteiger partial charge on any atom is -0.335 e. The van der Waals surface area contributed by atoms with Crippen LogP contribution in [0.15, 0.2) is 12.4 Å². The van der Waals surface area contributed by atoms with Crippen LogP contribution in [-0.4, -0.2) is 39.1 Å². The third-order valence-electron chi connectivity index (χ3n) is 4.63. The van der Waals surface area contributed by atoms with Crippen molar-refractivity contribution < 1.29 is 0 Å². The summed E-state index contributed by atoms with van der Waals surface area (Å²) < 4.78 is 2.24. The quantitative estimate of drug-likeness (QED) is 0.587. The van der Waals surface area contributed by atoms with Gasteiger partial charge in [-0.3, -0.25) is 16.2 Å². The lowest BCUT2D eigenvalue weighted by Crippen LogP contribution is -2.59. The molecule has 1 aromatic heterocycles. The molecule has 5 heteroatoms. The Morgan fingerprint density at radius 1 is 1.40 bits per heavy atom. The van der Waals surface area contributed by atoms with E-state index in [9.17, 15) is 0 Å². The van der Waals surface area contributed by atoms with E-state index in [-0.39, 0.29) is 11.6 Å². The zero-order chi connectivity index (χ0) is 14.6. The first-order chi connectivity index (χ1) is 9.59. The van der Waals surface area contributed by atoms with Crippen molar-refractivity contribution in [1.82, 2.24) is 19.9 Å². The molecule has 5 nitrogen and oxygen atoms in total. The minimum atomic E-state index is 0.0498. The number of nitrogens with two attached hydrogens (primary N) is 1. The van der Waals surface area contributed by atoms with Gasteiger partial charge in [-0.25, -0.2) is 4.98 Å². The van der Waals surface area contributed by atoms with Gasteiger partial charge in [0.15, 0.2) is 0 Å². The highest BCUT2D eigenvalue weighted by atomic mass is 15.3. The second-order valence-electron chi connectivity index (χ2n) is 6.31. The van der Waals surface area contributed by atoms with Gasteiger partial charge in [-0.05, 0) is 46.2 Å². The summed E-state index contributed by atoms with van der Waals surface area (Å²) in [4.78, 5) is 7.06. The SMILES string of the molecule is CCCn1ccnc1CC(NN)C(C)(C)N1CCCC1. The molecule has 0 aliphatic carbocycles. The molecule has 20 heavy (non-hydrogen) atoms. The van der Waals surface area contributed by atoms with Gasteiger partial charge in [-0.15, -0.1) is 0 Å².